The van der Waals surface area contributed by atoms with E-state index in [1.54, 1.807) is 0 Å². The van der Waals surface area contributed by atoms with Crippen molar-refractivity contribution in [3.63, 3.8) is 0 Å². The molecule has 1 atom stereocenters. The highest BCUT2D eigenvalue weighted by molar-refractivity contribution is 6.31. The number of phenols is 2. The molecule has 2 aliphatic carbocycles. The van der Waals surface area contributed by atoms with Crippen molar-refractivity contribution in [2.24, 2.45) is 0 Å². The Morgan fingerprint density at radius 1 is 1.04 bits per heavy atom. The second-order valence-electron chi connectivity index (χ2n) is 6.96. The predicted octanol–water partition coefficient (Wildman–Crippen LogP) is 1.19. The van der Waals surface area contributed by atoms with Gasteiger partial charge in [-0.25, -0.2) is 4.79 Å². The van der Waals surface area contributed by atoms with Crippen LogP contribution in [0.15, 0.2) is 18.2 Å². The summed E-state index contributed by atoms with van der Waals surface area (Å²) in [6.45, 7) is 0. The van der Waals surface area contributed by atoms with Gasteiger partial charge in [0.25, 0.3) is 0 Å². The van der Waals surface area contributed by atoms with Gasteiger partial charge in [0.15, 0.2) is 11.4 Å². The van der Waals surface area contributed by atoms with Gasteiger partial charge in [0.2, 0.25) is 5.78 Å². The lowest BCUT2D eigenvalue weighted by molar-refractivity contribution is -0.159. The summed E-state index contributed by atoms with van der Waals surface area (Å²) in [5.41, 5.74) is -2.74. The zero-order valence-electron chi connectivity index (χ0n) is 14.8. The number of fused-ring (bicyclic) bond motifs is 3. The van der Waals surface area contributed by atoms with E-state index in [-0.39, 0.29) is 46.4 Å². The van der Waals surface area contributed by atoms with Gasteiger partial charge >= 0.3 is 5.97 Å². The first kappa shape index (κ1) is 18.0. The monoisotopic (exact) mass is 384 g/mol. The van der Waals surface area contributed by atoms with E-state index in [0.29, 0.717) is 0 Å². The van der Waals surface area contributed by atoms with Gasteiger partial charge in [-0.15, -0.1) is 0 Å². The van der Waals surface area contributed by atoms with Crippen LogP contribution in [0.1, 0.15) is 49.4 Å². The molecular formula is C20H16O8. The molecule has 2 aliphatic rings. The Labute approximate surface area is 158 Å². The van der Waals surface area contributed by atoms with E-state index in [9.17, 15) is 34.8 Å². The Hall–Kier alpha value is -3.39. The van der Waals surface area contributed by atoms with Gasteiger partial charge in [0.1, 0.15) is 17.2 Å². The molecule has 0 heterocycles. The Morgan fingerprint density at radius 3 is 2.32 bits per heavy atom. The number of carboxylic acids is 1. The molecule has 144 valence electrons. The van der Waals surface area contributed by atoms with Crippen molar-refractivity contribution in [3.8, 4) is 17.2 Å². The Bertz CT molecular complexity index is 1080. The van der Waals surface area contributed by atoms with E-state index < -0.39 is 46.6 Å². The first-order valence-electron chi connectivity index (χ1n) is 8.53. The molecule has 0 saturated carbocycles. The zero-order valence-corrected chi connectivity index (χ0v) is 14.8. The number of aliphatic hydroxyl groups is 1. The molecule has 0 spiro atoms. The second kappa shape index (κ2) is 5.80. The first-order valence-corrected chi connectivity index (χ1v) is 8.53. The molecule has 8 heteroatoms. The number of hydrogen-bond donors (Lipinski definition) is 4. The number of hydrogen-bond acceptors (Lipinski definition) is 7. The van der Waals surface area contributed by atoms with Gasteiger partial charge in [-0.05, 0) is 18.9 Å². The van der Waals surface area contributed by atoms with E-state index in [4.69, 9.17) is 4.74 Å². The number of methoxy groups -OCH3 is 1. The van der Waals surface area contributed by atoms with Crippen LogP contribution in [0.25, 0.3) is 0 Å². The average Bonchev–Trinajstić information content (AvgIpc) is 2.68. The number of aliphatic carboxylic acids is 1. The summed E-state index contributed by atoms with van der Waals surface area (Å²) in [5.74, 6) is -3.73. The van der Waals surface area contributed by atoms with Crippen molar-refractivity contribution < 1.29 is 39.5 Å². The summed E-state index contributed by atoms with van der Waals surface area (Å²) in [6, 6.07) is 4.44. The lowest BCUT2D eigenvalue weighted by Gasteiger charge is -2.32. The number of rotatable bonds is 2. The number of ketones is 2. The maximum absolute atomic E-state index is 13.1. The number of carbonyl (C=O) groups excluding carboxylic acids is 2. The number of aromatic hydroxyl groups is 2. The fourth-order valence-electron chi connectivity index (χ4n) is 4.01. The van der Waals surface area contributed by atoms with Gasteiger partial charge in [0.05, 0.1) is 23.8 Å². The van der Waals surface area contributed by atoms with Crippen molar-refractivity contribution in [1.82, 2.24) is 0 Å². The van der Waals surface area contributed by atoms with Gasteiger partial charge in [-0.3, -0.25) is 9.59 Å². The van der Waals surface area contributed by atoms with Crippen LogP contribution in [0.5, 0.6) is 17.2 Å². The van der Waals surface area contributed by atoms with E-state index in [2.05, 4.69) is 0 Å². The standard InChI is InChI=1S/C20H16O8/c1-28-11-4-2-3-9-12(11)18(24)14-13(16(9)22)17(23)10-7-20(27,19(25)26)6-5-8(10)15(14)21/h2-4,21,23,27H,5-7H2,1H3,(H,25,26). The van der Waals surface area contributed by atoms with E-state index in [0.717, 1.165) is 0 Å². The number of carboxylic acid groups (broad SMARTS) is 1. The van der Waals surface area contributed by atoms with Crippen LogP contribution in [0.3, 0.4) is 0 Å². The number of ether oxygens (including phenoxy) is 1. The molecule has 0 aliphatic heterocycles. The van der Waals surface area contributed by atoms with E-state index in [1.807, 2.05) is 0 Å². The molecule has 4 N–H and O–H groups in total. The molecule has 1 unspecified atom stereocenters. The van der Waals surface area contributed by atoms with Crippen LogP contribution in [0.2, 0.25) is 0 Å². The molecule has 0 amide bonds. The van der Waals surface area contributed by atoms with Crippen molar-refractivity contribution in [1.29, 1.82) is 0 Å². The molecular weight excluding hydrogens is 368 g/mol. The van der Waals surface area contributed by atoms with Gasteiger partial charge in [-0.1, -0.05) is 12.1 Å². The molecule has 2 aromatic carbocycles. The first-order chi connectivity index (χ1) is 13.2. The van der Waals surface area contributed by atoms with E-state index >= 15 is 0 Å². The third-order valence-corrected chi connectivity index (χ3v) is 5.49. The van der Waals surface area contributed by atoms with E-state index in [1.165, 1.54) is 25.3 Å². The van der Waals surface area contributed by atoms with Crippen LogP contribution in [0.4, 0.5) is 0 Å². The minimum Gasteiger partial charge on any atom is -0.507 e. The Kier molecular flexibility index (Phi) is 3.73. The van der Waals surface area contributed by atoms with Crippen molar-refractivity contribution in [2.75, 3.05) is 7.11 Å². The number of phenolic OH excluding ortho intramolecular Hbond substituents is 2. The second-order valence-corrected chi connectivity index (χ2v) is 6.96. The van der Waals surface area contributed by atoms with Crippen LogP contribution in [-0.4, -0.2) is 50.7 Å². The van der Waals surface area contributed by atoms with Crippen molar-refractivity contribution >= 4 is 17.5 Å². The fourth-order valence-corrected chi connectivity index (χ4v) is 4.01. The Balaban J connectivity index is 2.00. The van der Waals surface area contributed by atoms with Crippen LogP contribution >= 0.6 is 0 Å². The highest BCUT2D eigenvalue weighted by Crippen LogP contribution is 2.47. The summed E-state index contributed by atoms with van der Waals surface area (Å²) >= 11 is 0. The summed E-state index contributed by atoms with van der Waals surface area (Å²) in [4.78, 5) is 37.5. The van der Waals surface area contributed by atoms with Gasteiger partial charge < -0.3 is 25.2 Å². The summed E-state index contributed by atoms with van der Waals surface area (Å²) in [7, 11) is 1.35. The molecule has 0 saturated heterocycles. The minimum absolute atomic E-state index is 0.00463. The number of carbonyl (C=O) groups is 3. The molecule has 0 radical (unpaired) electrons. The zero-order chi connectivity index (χ0) is 20.4. The van der Waals surface area contributed by atoms with Crippen LogP contribution in [-0.2, 0) is 17.6 Å². The van der Waals surface area contributed by atoms with Gasteiger partial charge in [-0.2, -0.15) is 0 Å². The summed E-state index contributed by atoms with van der Waals surface area (Å²) in [6.07, 6.45) is -0.773. The lowest BCUT2D eigenvalue weighted by Crippen LogP contribution is -2.44. The highest BCUT2D eigenvalue weighted by Gasteiger charge is 2.45. The quantitative estimate of drug-likeness (QED) is 0.483. The molecule has 0 bridgehead atoms. The largest absolute Gasteiger partial charge is 0.507 e. The molecule has 2 aromatic rings. The highest BCUT2D eigenvalue weighted by atomic mass is 16.5. The maximum atomic E-state index is 13.1. The molecule has 8 nitrogen and oxygen atoms in total. The number of benzene rings is 2. The maximum Gasteiger partial charge on any atom is 0.336 e. The van der Waals surface area contributed by atoms with Crippen molar-refractivity contribution in [2.45, 2.75) is 24.9 Å². The lowest BCUT2D eigenvalue weighted by atomic mass is 9.74. The Morgan fingerprint density at radius 2 is 1.68 bits per heavy atom. The topological polar surface area (TPSA) is 141 Å². The third kappa shape index (κ3) is 2.18. The smallest absolute Gasteiger partial charge is 0.336 e. The molecule has 28 heavy (non-hydrogen) atoms. The average molecular weight is 384 g/mol. The summed E-state index contributed by atoms with van der Waals surface area (Å²) < 4.78 is 5.17. The molecule has 0 fully saturated rings. The normalized spacial score (nSPS) is 20.2. The molecule has 4 rings (SSSR count). The summed E-state index contributed by atoms with van der Waals surface area (Å²) in [5, 5.41) is 41.0. The van der Waals surface area contributed by atoms with Crippen molar-refractivity contribution in [3.05, 3.63) is 51.6 Å². The van der Waals surface area contributed by atoms with Gasteiger partial charge in [0, 0.05) is 23.1 Å². The third-order valence-electron chi connectivity index (χ3n) is 5.49. The SMILES string of the molecule is COc1cccc2c1C(=O)c1c(O)c3c(c(O)c1C2=O)CC(O)(C(=O)O)CC3. The van der Waals surface area contributed by atoms with Crippen LogP contribution in [0, 0.1) is 0 Å². The van der Waals surface area contributed by atoms with Crippen LogP contribution < -0.4 is 4.74 Å². The molecule has 0 aromatic heterocycles. The fraction of sp³-hybridized carbons (Fsp3) is 0.250. The predicted molar refractivity (Wildman–Crippen MR) is 94.2 cm³/mol. The minimum atomic E-state index is -2.13.